The lowest BCUT2D eigenvalue weighted by molar-refractivity contribution is -0.112. The van der Waals surface area contributed by atoms with Crippen molar-refractivity contribution < 1.29 is 13.9 Å². The minimum Gasteiger partial charge on any atom is -0.497 e. The van der Waals surface area contributed by atoms with Crippen LogP contribution in [0, 0.1) is 11.3 Å². The average Bonchev–Trinajstić information content (AvgIpc) is 2.99. The number of hydrogen-bond acceptors (Lipinski definition) is 4. The number of anilines is 1. The molecule has 106 valence electrons. The number of carbonyl (C=O) groups excluding carboxylic acids is 1. The monoisotopic (exact) mass is 302 g/mol. The van der Waals surface area contributed by atoms with Gasteiger partial charge in [-0.05, 0) is 24.3 Å². The van der Waals surface area contributed by atoms with E-state index in [0.717, 1.165) is 0 Å². The normalized spacial score (nSPS) is 10.8. The maximum absolute atomic E-state index is 12.0. The van der Waals surface area contributed by atoms with Gasteiger partial charge in [-0.15, -0.1) is 0 Å². The van der Waals surface area contributed by atoms with Gasteiger partial charge in [0.1, 0.15) is 23.2 Å². The Labute approximate surface area is 126 Å². The summed E-state index contributed by atoms with van der Waals surface area (Å²) in [5.74, 6) is 0.424. The van der Waals surface area contributed by atoms with E-state index in [1.807, 2.05) is 6.07 Å². The SMILES string of the molecule is COc1ccc(NC(=O)C(C#N)=Cc2ccco2)c(Cl)c1. The molecule has 0 bridgehead atoms. The Hall–Kier alpha value is -2.71. The number of rotatable bonds is 4. The van der Waals surface area contributed by atoms with Crippen molar-refractivity contribution >= 4 is 29.3 Å². The van der Waals surface area contributed by atoms with Gasteiger partial charge >= 0.3 is 0 Å². The summed E-state index contributed by atoms with van der Waals surface area (Å²) in [4.78, 5) is 12.0. The van der Waals surface area contributed by atoms with Crippen LogP contribution in [-0.2, 0) is 4.79 Å². The first-order chi connectivity index (χ1) is 10.1. The van der Waals surface area contributed by atoms with Crippen LogP contribution in [0.1, 0.15) is 5.76 Å². The molecule has 0 saturated carbocycles. The van der Waals surface area contributed by atoms with Crippen LogP contribution in [-0.4, -0.2) is 13.0 Å². The third kappa shape index (κ3) is 3.65. The van der Waals surface area contributed by atoms with E-state index >= 15 is 0 Å². The summed E-state index contributed by atoms with van der Waals surface area (Å²) < 4.78 is 10.1. The van der Waals surface area contributed by atoms with Crippen molar-refractivity contribution in [3.63, 3.8) is 0 Å². The molecule has 1 N–H and O–H groups in total. The Morgan fingerprint density at radius 1 is 1.48 bits per heavy atom. The number of benzene rings is 1. The highest BCUT2D eigenvalue weighted by atomic mass is 35.5. The highest BCUT2D eigenvalue weighted by Crippen LogP contribution is 2.27. The summed E-state index contributed by atoms with van der Waals surface area (Å²) in [6.45, 7) is 0. The van der Waals surface area contributed by atoms with E-state index < -0.39 is 5.91 Å². The number of nitrogens with one attached hydrogen (secondary N) is 1. The van der Waals surface area contributed by atoms with E-state index in [9.17, 15) is 4.79 Å². The quantitative estimate of drug-likeness (QED) is 0.693. The molecular weight excluding hydrogens is 292 g/mol. The molecule has 0 radical (unpaired) electrons. The molecule has 0 fully saturated rings. The molecule has 1 aromatic heterocycles. The first-order valence-corrected chi connectivity index (χ1v) is 6.32. The Bertz CT molecular complexity index is 715. The maximum Gasteiger partial charge on any atom is 0.266 e. The van der Waals surface area contributed by atoms with Crippen LogP contribution in [0.15, 0.2) is 46.6 Å². The zero-order chi connectivity index (χ0) is 15.2. The number of methoxy groups -OCH3 is 1. The highest BCUT2D eigenvalue weighted by Gasteiger charge is 2.12. The van der Waals surface area contributed by atoms with Crippen molar-refractivity contribution in [2.45, 2.75) is 0 Å². The number of nitriles is 1. The first-order valence-electron chi connectivity index (χ1n) is 5.94. The molecule has 0 unspecified atom stereocenters. The largest absolute Gasteiger partial charge is 0.497 e. The van der Waals surface area contributed by atoms with Gasteiger partial charge in [0, 0.05) is 12.1 Å². The predicted molar refractivity (Wildman–Crippen MR) is 78.9 cm³/mol. The molecule has 6 heteroatoms. The van der Waals surface area contributed by atoms with E-state index in [-0.39, 0.29) is 5.57 Å². The van der Waals surface area contributed by atoms with E-state index in [4.69, 9.17) is 26.0 Å². The fourth-order valence-corrected chi connectivity index (χ4v) is 1.80. The fraction of sp³-hybridized carbons (Fsp3) is 0.0667. The van der Waals surface area contributed by atoms with Crippen molar-refractivity contribution in [2.75, 3.05) is 12.4 Å². The van der Waals surface area contributed by atoms with Crippen LogP contribution in [0.4, 0.5) is 5.69 Å². The van der Waals surface area contributed by atoms with Gasteiger partial charge in [-0.25, -0.2) is 0 Å². The van der Waals surface area contributed by atoms with Gasteiger partial charge in [-0.3, -0.25) is 4.79 Å². The summed E-state index contributed by atoms with van der Waals surface area (Å²) >= 11 is 6.03. The van der Waals surface area contributed by atoms with Crippen LogP contribution < -0.4 is 10.1 Å². The zero-order valence-corrected chi connectivity index (χ0v) is 11.8. The highest BCUT2D eigenvalue weighted by molar-refractivity contribution is 6.34. The van der Waals surface area contributed by atoms with E-state index in [2.05, 4.69) is 5.32 Å². The molecule has 2 aromatic rings. The Balaban J connectivity index is 2.19. The summed E-state index contributed by atoms with van der Waals surface area (Å²) in [5, 5.41) is 11.9. The molecule has 0 saturated heterocycles. The molecule has 0 aliphatic heterocycles. The van der Waals surface area contributed by atoms with Crippen LogP contribution in [0.25, 0.3) is 6.08 Å². The molecule has 0 spiro atoms. The standard InChI is InChI=1S/C15H11ClN2O3/c1-20-11-4-5-14(13(16)8-11)18-15(19)10(9-17)7-12-3-2-6-21-12/h2-8H,1H3,(H,18,19). The van der Waals surface area contributed by atoms with Gasteiger partial charge in [0.2, 0.25) is 0 Å². The van der Waals surface area contributed by atoms with Crippen LogP contribution >= 0.6 is 11.6 Å². The fourth-order valence-electron chi connectivity index (χ4n) is 1.58. The molecule has 0 aliphatic rings. The predicted octanol–water partition coefficient (Wildman–Crippen LogP) is 3.49. The Morgan fingerprint density at radius 2 is 2.29 bits per heavy atom. The van der Waals surface area contributed by atoms with Gasteiger partial charge in [0.25, 0.3) is 5.91 Å². The Kier molecular flexibility index (Phi) is 4.64. The minimum atomic E-state index is -0.569. The molecule has 5 nitrogen and oxygen atoms in total. The van der Waals surface area contributed by atoms with Gasteiger partial charge < -0.3 is 14.5 Å². The molecule has 1 aromatic carbocycles. The topological polar surface area (TPSA) is 75.3 Å². The number of hydrogen-bond donors (Lipinski definition) is 1. The minimum absolute atomic E-state index is 0.0863. The summed E-state index contributed by atoms with van der Waals surface area (Å²) in [5.41, 5.74) is 0.305. The third-order valence-electron chi connectivity index (χ3n) is 2.62. The zero-order valence-electron chi connectivity index (χ0n) is 11.1. The molecular formula is C15H11ClN2O3. The van der Waals surface area contributed by atoms with Crippen LogP contribution in [0.2, 0.25) is 5.02 Å². The van der Waals surface area contributed by atoms with Gasteiger partial charge in [0.05, 0.1) is 24.1 Å². The number of amides is 1. The first kappa shape index (κ1) is 14.7. The number of nitrogens with zero attached hydrogens (tertiary/aromatic N) is 1. The second-order valence-corrected chi connectivity index (χ2v) is 4.39. The number of carbonyl (C=O) groups is 1. The lowest BCUT2D eigenvalue weighted by Crippen LogP contribution is -2.13. The van der Waals surface area contributed by atoms with Crippen LogP contribution in [0.5, 0.6) is 5.75 Å². The smallest absolute Gasteiger partial charge is 0.266 e. The molecule has 2 rings (SSSR count). The average molecular weight is 303 g/mol. The molecule has 1 amide bonds. The van der Waals surface area contributed by atoms with Crippen molar-refractivity contribution in [1.29, 1.82) is 5.26 Å². The van der Waals surface area contributed by atoms with E-state index in [0.29, 0.717) is 22.2 Å². The summed E-state index contributed by atoms with van der Waals surface area (Å²) in [6.07, 6.45) is 2.81. The number of ether oxygens (including phenoxy) is 1. The number of halogens is 1. The lowest BCUT2D eigenvalue weighted by atomic mass is 10.2. The van der Waals surface area contributed by atoms with Gasteiger partial charge in [0.15, 0.2) is 0 Å². The van der Waals surface area contributed by atoms with E-state index in [1.165, 1.54) is 19.4 Å². The second-order valence-electron chi connectivity index (χ2n) is 3.99. The molecule has 0 atom stereocenters. The summed E-state index contributed by atoms with van der Waals surface area (Å²) in [7, 11) is 1.52. The van der Waals surface area contributed by atoms with Crippen molar-refractivity contribution in [3.05, 3.63) is 53.0 Å². The lowest BCUT2D eigenvalue weighted by Gasteiger charge is -2.08. The van der Waals surface area contributed by atoms with Crippen molar-refractivity contribution in [3.8, 4) is 11.8 Å². The molecule has 1 heterocycles. The summed E-state index contributed by atoms with van der Waals surface area (Å²) in [6, 6.07) is 9.96. The van der Waals surface area contributed by atoms with Crippen molar-refractivity contribution in [2.24, 2.45) is 0 Å². The number of furan rings is 1. The second kappa shape index (κ2) is 6.64. The van der Waals surface area contributed by atoms with Gasteiger partial charge in [-0.2, -0.15) is 5.26 Å². The molecule has 21 heavy (non-hydrogen) atoms. The Morgan fingerprint density at radius 3 is 2.86 bits per heavy atom. The van der Waals surface area contributed by atoms with Gasteiger partial charge in [-0.1, -0.05) is 11.6 Å². The van der Waals surface area contributed by atoms with Crippen LogP contribution in [0.3, 0.4) is 0 Å². The molecule has 0 aliphatic carbocycles. The maximum atomic E-state index is 12.0. The third-order valence-corrected chi connectivity index (χ3v) is 2.93. The van der Waals surface area contributed by atoms with E-state index in [1.54, 1.807) is 30.3 Å². The van der Waals surface area contributed by atoms with Crippen molar-refractivity contribution in [1.82, 2.24) is 0 Å².